The van der Waals surface area contributed by atoms with E-state index in [0.717, 1.165) is 12.0 Å². The summed E-state index contributed by atoms with van der Waals surface area (Å²) in [5.41, 5.74) is 16.8. The zero-order chi connectivity index (χ0) is 26.2. The second-order valence-corrected chi connectivity index (χ2v) is 8.39. The van der Waals surface area contributed by atoms with Crippen LogP contribution in [0.15, 0.2) is 30.3 Å². The molecule has 11 heteroatoms. The lowest BCUT2D eigenvalue weighted by Gasteiger charge is -2.25. The minimum absolute atomic E-state index is 0.229. The maximum absolute atomic E-state index is 13.2. The maximum Gasteiger partial charge on any atom is 0.243 e. The van der Waals surface area contributed by atoms with Crippen LogP contribution in [0.3, 0.4) is 0 Å². The van der Waals surface area contributed by atoms with Crippen molar-refractivity contribution < 1.29 is 24.0 Å². The SMILES string of the molecule is CCCCC(=O)N[C@@H](Cc1ccccc1)C(=O)N[C@@H](CCCCN)C(=O)N[C@@H](CC(N)=O)C(N)=O. The number of unbranched alkanes of at least 4 members (excludes halogenated alkanes) is 2. The molecular formula is C24H38N6O5. The summed E-state index contributed by atoms with van der Waals surface area (Å²) in [7, 11) is 0. The first kappa shape index (κ1) is 29.6. The lowest BCUT2D eigenvalue weighted by molar-refractivity contribution is -0.134. The highest BCUT2D eigenvalue weighted by Gasteiger charge is 2.29. The predicted molar refractivity (Wildman–Crippen MR) is 131 cm³/mol. The molecule has 9 N–H and O–H groups in total. The van der Waals surface area contributed by atoms with Crippen molar-refractivity contribution in [1.82, 2.24) is 16.0 Å². The number of amides is 5. The Hall–Kier alpha value is -3.47. The zero-order valence-electron chi connectivity index (χ0n) is 20.3. The molecule has 0 unspecified atom stereocenters. The van der Waals surface area contributed by atoms with Crippen LogP contribution in [-0.4, -0.2) is 54.2 Å². The van der Waals surface area contributed by atoms with Gasteiger partial charge in [-0.2, -0.15) is 0 Å². The number of hydrogen-bond acceptors (Lipinski definition) is 6. The molecule has 0 aliphatic carbocycles. The van der Waals surface area contributed by atoms with Gasteiger partial charge < -0.3 is 33.2 Å². The second kappa shape index (κ2) is 16.2. The van der Waals surface area contributed by atoms with Crippen LogP contribution < -0.4 is 33.2 Å². The third-order valence-corrected chi connectivity index (χ3v) is 5.34. The summed E-state index contributed by atoms with van der Waals surface area (Å²) in [6.07, 6.45) is 2.94. The third kappa shape index (κ3) is 12.0. The number of nitrogens with one attached hydrogen (secondary N) is 3. The van der Waals surface area contributed by atoms with Gasteiger partial charge in [0.25, 0.3) is 0 Å². The molecule has 0 fully saturated rings. The lowest BCUT2D eigenvalue weighted by atomic mass is 10.0. The molecule has 35 heavy (non-hydrogen) atoms. The quantitative estimate of drug-likeness (QED) is 0.157. The first-order valence-electron chi connectivity index (χ1n) is 11.9. The molecule has 0 aliphatic rings. The molecule has 0 aromatic heterocycles. The molecular weight excluding hydrogens is 452 g/mol. The maximum atomic E-state index is 13.2. The minimum atomic E-state index is -1.30. The van der Waals surface area contributed by atoms with Crippen molar-refractivity contribution in [3.63, 3.8) is 0 Å². The molecule has 1 rings (SSSR count). The van der Waals surface area contributed by atoms with Gasteiger partial charge in [-0.3, -0.25) is 24.0 Å². The number of carbonyl (C=O) groups excluding carboxylic acids is 5. The molecule has 0 aliphatic heterocycles. The van der Waals surface area contributed by atoms with Gasteiger partial charge in [0.2, 0.25) is 29.5 Å². The largest absolute Gasteiger partial charge is 0.370 e. The number of carbonyl (C=O) groups is 5. The summed E-state index contributed by atoms with van der Waals surface area (Å²) < 4.78 is 0. The van der Waals surface area contributed by atoms with Gasteiger partial charge in [-0.25, -0.2) is 0 Å². The average molecular weight is 491 g/mol. The van der Waals surface area contributed by atoms with E-state index >= 15 is 0 Å². The number of nitrogens with two attached hydrogens (primary N) is 3. The standard InChI is InChI=1S/C24H38N6O5/c1-2-3-12-21(32)28-19(14-16-9-5-4-6-10-16)24(35)29-17(11-7-8-13-25)23(34)30-18(22(27)33)15-20(26)31/h4-6,9-10,17-19H,2-3,7-8,11-15,25H2,1H3,(H2,26,31)(H2,27,33)(H,28,32)(H,29,35)(H,30,34)/t17-,18-,19-/m0/s1. The van der Waals surface area contributed by atoms with Crippen molar-refractivity contribution in [2.24, 2.45) is 17.2 Å². The van der Waals surface area contributed by atoms with E-state index < -0.39 is 48.2 Å². The van der Waals surface area contributed by atoms with Gasteiger partial charge in [0.1, 0.15) is 18.1 Å². The lowest BCUT2D eigenvalue weighted by Crippen LogP contribution is -2.57. The van der Waals surface area contributed by atoms with Crippen molar-refractivity contribution in [2.75, 3.05) is 6.54 Å². The number of hydrogen-bond donors (Lipinski definition) is 6. The normalized spacial score (nSPS) is 13.2. The summed E-state index contributed by atoms with van der Waals surface area (Å²) in [6.45, 7) is 2.36. The van der Waals surface area contributed by atoms with Gasteiger partial charge in [-0.15, -0.1) is 0 Å². The fourth-order valence-corrected chi connectivity index (χ4v) is 3.39. The van der Waals surface area contributed by atoms with Gasteiger partial charge in [0.15, 0.2) is 0 Å². The van der Waals surface area contributed by atoms with E-state index in [-0.39, 0.29) is 25.2 Å². The van der Waals surface area contributed by atoms with Crippen LogP contribution in [0.1, 0.15) is 57.4 Å². The molecule has 0 heterocycles. The van der Waals surface area contributed by atoms with Crippen LogP contribution in [0.4, 0.5) is 0 Å². The van der Waals surface area contributed by atoms with Crippen molar-refractivity contribution in [2.45, 2.75) is 76.4 Å². The molecule has 3 atom stereocenters. The topological polar surface area (TPSA) is 200 Å². The van der Waals surface area contributed by atoms with Gasteiger partial charge in [-0.05, 0) is 37.8 Å². The van der Waals surface area contributed by atoms with Crippen molar-refractivity contribution in [1.29, 1.82) is 0 Å². The smallest absolute Gasteiger partial charge is 0.243 e. The highest BCUT2D eigenvalue weighted by molar-refractivity contribution is 5.95. The molecule has 1 aromatic rings. The Balaban J connectivity index is 3.03. The van der Waals surface area contributed by atoms with E-state index in [1.54, 1.807) is 0 Å². The summed E-state index contributed by atoms with van der Waals surface area (Å²) in [6, 6.07) is 5.93. The second-order valence-electron chi connectivity index (χ2n) is 8.39. The Morgan fingerprint density at radius 1 is 0.829 bits per heavy atom. The van der Waals surface area contributed by atoms with Gasteiger partial charge >= 0.3 is 0 Å². The van der Waals surface area contributed by atoms with E-state index in [1.165, 1.54) is 0 Å². The summed E-state index contributed by atoms with van der Waals surface area (Å²) in [5, 5.41) is 7.83. The molecule has 0 spiro atoms. The van der Waals surface area contributed by atoms with Crippen LogP contribution >= 0.6 is 0 Å². The average Bonchev–Trinajstić information content (AvgIpc) is 2.81. The summed E-state index contributed by atoms with van der Waals surface area (Å²) in [5.74, 6) is -3.22. The van der Waals surface area contributed by atoms with Gasteiger partial charge in [0.05, 0.1) is 6.42 Å². The molecule has 0 radical (unpaired) electrons. The Labute approximate surface area is 205 Å². The Bertz CT molecular complexity index is 848. The minimum Gasteiger partial charge on any atom is -0.370 e. The van der Waals surface area contributed by atoms with Crippen LogP contribution in [0.2, 0.25) is 0 Å². The molecule has 0 bridgehead atoms. The van der Waals surface area contributed by atoms with Crippen molar-refractivity contribution >= 4 is 29.5 Å². The fourth-order valence-electron chi connectivity index (χ4n) is 3.39. The molecule has 11 nitrogen and oxygen atoms in total. The monoisotopic (exact) mass is 490 g/mol. The van der Waals surface area contributed by atoms with Crippen LogP contribution in [0.25, 0.3) is 0 Å². The first-order chi connectivity index (χ1) is 16.7. The van der Waals surface area contributed by atoms with Crippen molar-refractivity contribution in [3.8, 4) is 0 Å². The van der Waals surface area contributed by atoms with E-state index in [9.17, 15) is 24.0 Å². The van der Waals surface area contributed by atoms with Crippen molar-refractivity contribution in [3.05, 3.63) is 35.9 Å². The molecule has 194 valence electrons. The van der Waals surface area contributed by atoms with Crippen LogP contribution in [-0.2, 0) is 30.4 Å². The van der Waals surface area contributed by atoms with E-state index in [0.29, 0.717) is 25.8 Å². The zero-order valence-corrected chi connectivity index (χ0v) is 20.3. The molecule has 0 saturated carbocycles. The van der Waals surface area contributed by atoms with Gasteiger partial charge in [-0.1, -0.05) is 43.7 Å². The number of benzene rings is 1. The predicted octanol–water partition coefficient (Wildman–Crippen LogP) is -0.637. The highest BCUT2D eigenvalue weighted by atomic mass is 16.2. The number of primary amides is 2. The summed E-state index contributed by atoms with van der Waals surface area (Å²) >= 11 is 0. The van der Waals surface area contributed by atoms with Crippen LogP contribution in [0.5, 0.6) is 0 Å². The summed E-state index contributed by atoms with van der Waals surface area (Å²) in [4.78, 5) is 61.4. The van der Waals surface area contributed by atoms with E-state index in [2.05, 4.69) is 16.0 Å². The molecule has 0 saturated heterocycles. The molecule has 1 aromatic carbocycles. The number of rotatable bonds is 17. The first-order valence-corrected chi connectivity index (χ1v) is 11.9. The Morgan fingerprint density at radius 3 is 2.03 bits per heavy atom. The highest BCUT2D eigenvalue weighted by Crippen LogP contribution is 2.08. The van der Waals surface area contributed by atoms with E-state index in [1.807, 2.05) is 37.3 Å². The van der Waals surface area contributed by atoms with Crippen LogP contribution in [0, 0.1) is 0 Å². The third-order valence-electron chi connectivity index (χ3n) is 5.34. The fraction of sp³-hybridized carbons (Fsp3) is 0.542. The molecule has 5 amide bonds. The Kier molecular flexibility index (Phi) is 13.7. The van der Waals surface area contributed by atoms with E-state index in [4.69, 9.17) is 17.2 Å². The van der Waals surface area contributed by atoms with Gasteiger partial charge in [0, 0.05) is 12.8 Å². The Morgan fingerprint density at radius 2 is 1.46 bits per heavy atom.